The number of likely N-dealkylation sites (N-methyl/N-ethyl adjacent to an activating group) is 1. The number of H-pyrrole nitrogens is 1. The second-order valence-electron chi connectivity index (χ2n) is 2.86. The van der Waals surface area contributed by atoms with Gasteiger partial charge < -0.3 is 10.3 Å². The van der Waals surface area contributed by atoms with Gasteiger partial charge in [-0.15, -0.1) is 0 Å². The molecule has 5 heteroatoms. The molecular formula is C7H10N4O. The molecule has 1 amide bonds. The van der Waals surface area contributed by atoms with Crippen molar-refractivity contribution >= 4 is 5.91 Å². The second-order valence-corrected chi connectivity index (χ2v) is 2.86. The topological polar surface area (TPSA) is 61.0 Å². The van der Waals surface area contributed by atoms with Crippen molar-refractivity contribution in [1.82, 2.24) is 20.2 Å². The van der Waals surface area contributed by atoms with E-state index < -0.39 is 0 Å². The van der Waals surface area contributed by atoms with E-state index in [0.29, 0.717) is 6.54 Å². The number of nitrogens with one attached hydrogen (secondary N) is 2. The zero-order valence-corrected chi connectivity index (χ0v) is 6.74. The van der Waals surface area contributed by atoms with E-state index in [4.69, 9.17) is 0 Å². The van der Waals surface area contributed by atoms with E-state index in [1.165, 1.54) is 0 Å². The highest BCUT2D eigenvalue weighted by Gasteiger charge is 2.29. The molecule has 0 aromatic carbocycles. The Hall–Kier alpha value is -1.36. The van der Waals surface area contributed by atoms with Gasteiger partial charge in [0.1, 0.15) is 12.0 Å². The number of aromatic nitrogens is 2. The van der Waals surface area contributed by atoms with Crippen molar-refractivity contribution in [1.29, 1.82) is 0 Å². The largest absolute Gasteiger partial charge is 0.346 e. The third-order valence-corrected chi connectivity index (χ3v) is 1.91. The highest BCUT2D eigenvalue weighted by Crippen LogP contribution is 2.15. The van der Waals surface area contributed by atoms with E-state index in [1.807, 2.05) is 11.9 Å². The summed E-state index contributed by atoms with van der Waals surface area (Å²) < 4.78 is 0. The molecule has 1 aromatic rings. The van der Waals surface area contributed by atoms with Crippen LogP contribution in [0.15, 0.2) is 12.4 Å². The minimum atomic E-state index is -0.0903. The first-order valence-corrected chi connectivity index (χ1v) is 3.76. The van der Waals surface area contributed by atoms with Crippen LogP contribution in [0.5, 0.6) is 0 Å². The Bertz CT molecular complexity index is 282. The van der Waals surface area contributed by atoms with Crippen molar-refractivity contribution in [2.45, 2.75) is 6.17 Å². The van der Waals surface area contributed by atoms with Gasteiger partial charge in [0, 0.05) is 12.4 Å². The van der Waals surface area contributed by atoms with E-state index in [1.54, 1.807) is 12.4 Å². The third kappa shape index (κ3) is 1.08. The number of aromatic amines is 1. The molecule has 64 valence electrons. The van der Waals surface area contributed by atoms with Gasteiger partial charge in [-0.1, -0.05) is 0 Å². The molecule has 1 saturated heterocycles. The first kappa shape index (κ1) is 7.30. The van der Waals surface area contributed by atoms with Crippen LogP contribution in [0.4, 0.5) is 0 Å². The Morgan fingerprint density at radius 3 is 3.08 bits per heavy atom. The Morgan fingerprint density at radius 1 is 1.75 bits per heavy atom. The zero-order chi connectivity index (χ0) is 8.55. The Balaban J connectivity index is 2.20. The number of rotatable bonds is 1. The molecule has 0 bridgehead atoms. The van der Waals surface area contributed by atoms with Crippen LogP contribution in [0.1, 0.15) is 12.0 Å². The fourth-order valence-electron chi connectivity index (χ4n) is 1.33. The third-order valence-electron chi connectivity index (χ3n) is 1.91. The van der Waals surface area contributed by atoms with Crippen LogP contribution in [0.3, 0.4) is 0 Å². The molecule has 5 nitrogen and oxygen atoms in total. The number of hydrogen-bond acceptors (Lipinski definition) is 3. The van der Waals surface area contributed by atoms with E-state index >= 15 is 0 Å². The molecule has 1 atom stereocenters. The molecule has 1 aromatic heterocycles. The number of carbonyl (C=O) groups is 1. The van der Waals surface area contributed by atoms with Gasteiger partial charge in [0.15, 0.2) is 0 Å². The molecule has 1 unspecified atom stereocenters. The number of carbonyl (C=O) groups excluding carboxylic acids is 1. The highest BCUT2D eigenvalue weighted by molar-refractivity contribution is 5.80. The van der Waals surface area contributed by atoms with Crippen LogP contribution in [-0.4, -0.2) is 34.4 Å². The Kier molecular flexibility index (Phi) is 1.58. The minimum Gasteiger partial charge on any atom is -0.346 e. The summed E-state index contributed by atoms with van der Waals surface area (Å²) >= 11 is 0. The van der Waals surface area contributed by atoms with Gasteiger partial charge >= 0.3 is 0 Å². The first-order valence-electron chi connectivity index (χ1n) is 3.76. The summed E-state index contributed by atoms with van der Waals surface area (Å²) in [5, 5.41) is 2.80. The van der Waals surface area contributed by atoms with Gasteiger partial charge in [-0.2, -0.15) is 0 Å². The number of hydrogen-bond donors (Lipinski definition) is 2. The monoisotopic (exact) mass is 166 g/mol. The summed E-state index contributed by atoms with van der Waals surface area (Å²) in [4.78, 5) is 19.9. The standard InChI is InChI=1S/C7H10N4O/c1-11-4-5(12)10-7(11)6-8-2-3-9-6/h2-3,7H,4H2,1H3,(H,8,9)(H,10,12). The van der Waals surface area contributed by atoms with Crippen molar-refractivity contribution < 1.29 is 4.79 Å². The predicted molar refractivity (Wildman–Crippen MR) is 42.1 cm³/mol. The van der Waals surface area contributed by atoms with Gasteiger partial charge in [0.05, 0.1) is 6.54 Å². The zero-order valence-electron chi connectivity index (χ0n) is 6.74. The normalized spacial score (nSPS) is 24.4. The maximum atomic E-state index is 11.0. The summed E-state index contributed by atoms with van der Waals surface area (Å²) in [7, 11) is 1.88. The molecule has 0 saturated carbocycles. The Labute approximate surface area is 69.8 Å². The highest BCUT2D eigenvalue weighted by atomic mass is 16.2. The average molecular weight is 166 g/mol. The van der Waals surface area contributed by atoms with Gasteiger partial charge in [-0.25, -0.2) is 4.98 Å². The fraction of sp³-hybridized carbons (Fsp3) is 0.429. The summed E-state index contributed by atoms with van der Waals surface area (Å²) in [5.74, 6) is 0.822. The van der Waals surface area contributed by atoms with Crippen LogP contribution in [0, 0.1) is 0 Å². The number of imidazole rings is 1. The lowest BCUT2D eigenvalue weighted by Gasteiger charge is -2.14. The molecule has 0 spiro atoms. The number of nitrogens with zero attached hydrogens (tertiary/aromatic N) is 2. The first-order chi connectivity index (χ1) is 5.77. The van der Waals surface area contributed by atoms with Gasteiger partial charge in [-0.3, -0.25) is 9.69 Å². The lowest BCUT2D eigenvalue weighted by atomic mass is 10.4. The molecule has 2 rings (SSSR count). The molecule has 1 aliphatic heterocycles. The summed E-state index contributed by atoms with van der Waals surface area (Å²) in [6.45, 7) is 0.436. The van der Waals surface area contributed by atoms with Crippen LogP contribution in [0.25, 0.3) is 0 Å². The predicted octanol–water partition coefficient (Wildman–Crippen LogP) is -0.530. The van der Waals surface area contributed by atoms with Crippen LogP contribution < -0.4 is 5.32 Å². The van der Waals surface area contributed by atoms with E-state index in [-0.39, 0.29) is 12.1 Å². The van der Waals surface area contributed by atoms with Crippen molar-refractivity contribution in [3.05, 3.63) is 18.2 Å². The van der Waals surface area contributed by atoms with Gasteiger partial charge in [-0.05, 0) is 7.05 Å². The van der Waals surface area contributed by atoms with E-state index in [2.05, 4.69) is 15.3 Å². The average Bonchev–Trinajstić information content (AvgIpc) is 2.58. The molecule has 0 radical (unpaired) electrons. The molecule has 1 aliphatic rings. The van der Waals surface area contributed by atoms with Crippen LogP contribution >= 0.6 is 0 Å². The second kappa shape index (κ2) is 2.60. The molecule has 0 aliphatic carbocycles. The van der Waals surface area contributed by atoms with Gasteiger partial charge in [0.2, 0.25) is 5.91 Å². The number of amides is 1. The maximum absolute atomic E-state index is 11.0. The SMILES string of the molecule is CN1CC(=O)NC1c1ncc[nH]1. The summed E-state index contributed by atoms with van der Waals surface area (Å²) in [6, 6.07) is 0. The van der Waals surface area contributed by atoms with Crippen molar-refractivity contribution in [2.75, 3.05) is 13.6 Å². The Morgan fingerprint density at radius 2 is 2.58 bits per heavy atom. The summed E-state index contributed by atoms with van der Waals surface area (Å²) in [6.07, 6.45) is 3.33. The molecule has 12 heavy (non-hydrogen) atoms. The quantitative estimate of drug-likeness (QED) is 0.589. The van der Waals surface area contributed by atoms with Gasteiger partial charge in [0.25, 0.3) is 0 Å². The molecule has 2 N–H and O–H groups in total. The van der Waals surface area contributed by atoms with Crippen molar-refractivity contribution in [3.63, 3.8) is 0 Å². The minimum absolute atomic E-state index is 0.0406. The smallest absolute Gasteiger partial charge is 0.235 e. The lowest BCUT2D eigenvalue weighted by molar-refractivity contribution is -0.118. The van der Waals surface area contributed by atoms with Crippen LogP contribution in [-0.2, 0) is 4.79 Å². The molecule has 1 fully saturated rings. The maximum Gasteiger partial charge on any atom is 0.235 e. The summed E-state index contributed by atoms with van der Waals surface area (Å²) in [5.41, 5.74) is 0. The van der Waals surface area contributed by atoms with E-state index in [9.17, 15) is 4.79 Å². The molecule has 2 heterocycles. The van der Waals surface area contributed by atoms with Crippen LogP contribution in [0.2, 0.25) is 0 Å². The fourth-order valence-corrected chi connectivity index (χ4v) is 1.33. The molecular weight excluding hydrogens is 156 g/mol. The lowest BCUT2D eigenvalue weighted by Crippen LogP contribution is -2.25. The van der Waals surface area contributed by atoms with Crippen molar-refractivity contribution in [3.8, 4) is 0 Å². The van der Waals surface area contributed by atoms with Crippen molar-refractivity contribution in [2.24, 2.45) is 0 Å². The van der Waals surface area contributed by atoms with E-state index in [0.717, 1.165) is 5.82 Å².